The van der Waals surface area contributed by atoms with Crippen LogP contribution in [0.4, 0.5) is 19.0 Å². The SMILES string of the molecule is CCNc1cnc(COCC(F)(F)F)cn1. The predicted octanol–water partition coefficient (Wildman–Crippen LogP) is 1.99. The summed E-state index contributed by atoms with van der Waals surface area (Å²) >= 11 is 0. The molecular formula is C9H12F3N3O. The van der Waals surface area contributed by atoms with Crippen LogP contribution in [0.5, 0.6) is 0 Å². The molecule has 0 bridgehead atoms. The molecule has 0 saturated heterocycles. The molecule has 0 aliphatic rings. The maximum Gasteiger partial charge on any atom is 0.411 e. The first-order valence-electron chi connectivity index (χ1n) is 4.70. The number of nitrogens with zero attached hydrogens (tertiary/aromatic N) is 2. The lowest BCUT2D eigenvalue weighted by Gasteiger charge is -2.07. The zero-order chi connectivity index (χ0) is 12.0. The molecule has 0 aromatic carbocycles. The van der Waals surface area contributed by atoms with E-state index >= 15 is 0 Å². The average Bonchev–Trinajstić information content (AvgIpc) is 2.19. The minimum absolute atomic E-state index is 0.196. The van der Waals surface area contributed by atoms with Crippen LogP contribution in [0.3, 0.4) is 0 Å². The van der Waals surface area contributed by atoms with Crippen LogP contribution >= 0.6 is 0 Å². The van der Waals surface area contributed by atoms with Crippen molar-refractivity contribution in [1.82, 2.24) is 9.97 Å². The van der Waals surface area contributed by atoms with Gasteiger partial charge in [-0.3, -0.25) is 4.98 Å². The van der Waals surface area contributed by atoms with Crippen LogP contribution in [-0.4, -0.2) is 29.3 Å². The fourth-order valence-corrected chi connectivity index (χ4v) is 0.973. The summed E-state index contributed by atoms with van der Waals surface area (Å²) in [7, 11) is 0. The number of alkyl halides is 3. The van der Waals surface area contributed by atoms with Gasteiger partial charge < -0.3 is 10.1 Å². The van der Waals surface area contributed by atoms with Gasteiger partial charge in [-0.1, -0.05) is 0 Å². The summed E-state index contributed by atoms with van der Waals surface area (Å²) in [4.78, 5) is 7.85. The second kappa shape index (κ2) is 5.64. The highest BCUT2D eigenvalue weighted by molar-refractivity contribution is 5.30. The summed E-state index contributed by atoms with van der Waals surface area (Å²) in [5.41, 5.74) is 0.367. The average molecular weight is 235 g/mol. The summed E-state index contributed by atoms with van der Waals surface area (Å²) in [5.74, 6) is 0.585. The highest BCUT2D eigenvalue weighted by atomic mass is 19.4. The van der Waals surface area contributed by atoms with Crippen molar-refractivity contribution < 1.29 is 17.9 Å². The zero-order valence-corrected chi connectivity index (χ0v) is 8.71. The van der Waals surface area contributed by atoms with E-state index in [9.17, 15) is 13.2 Å². The highest BCUT2D eigenvalue weighted by Crippen LogP contribution is 2.15. The fourth-order valence-electron chi connectivity index (χ4n) is 0.973. The lowest BCUT2D eigenvalue weighted by Crippen LogP contribution is -2.17. The Bertz CT molecular complexity index is 313. The largest absolute Gasteiger partial charge is 0.411 e. The van der Waals surface area contributed by atoms with Gasteiger partial charge in [-0.25, -0.2) is 4.98 Å². The van der Waals surface area contributed by atoms with E-state index in [2.05, 4.69) is 20.0 Å². The van der Waals surface area contributed by atoms with Crippen molar-refractivity contribution in [2.24, 2.45) is 0 Å². The van der Waals surface area contributed by atoms with E-state index in [1.165, 1.54) is 12.4 Å². The van der Waals surface area contributed by atoms with Crippen molar-refractivity contribution in [3.05, 3.63) is 18.1 Å². The van der Waals surface area contributed by atoms with E-state index in [1.54, 1.807) is 0 Å². The number of hydrogen-bond acceptors (Lipinski definition) is 4. The van der Waals surface area contributed by atoms with Crippen LogP contribution in [0.25, 0.3) is 0 Å². The van der Waals surface area contributed by atoms with Gasteiger partial charge in [-0.05, 0) is 6.92 Å². The smallest absolute Gasteiger partial charge is 0.369 e. The Kier molecular flexibility index (Phi) is 4.48. The first-order chi connectivity index (χ1) is 7.51. The Hall–Kier alpha value is -1.37. The predicted molar refractivity (Wildman–Crippen MR) is 51.9 cm³/mol. The van der Waals surface area contributed by atoms with Crippen molar-refractivity contribution in [2.45, 2.75) is 19.7 Å². The first-order valence-corrected chi connectivity index (χ1v) is 4.70. The third-order valence-electron chi connectivity index (χ3n) is 1.58. The standard InChI is InChI=1S/C9H12F3N3O/c1-2-13-8-4-14-7(3-15-8)5-16-6-9(10,11)12/h3-4H,2,5-6H2,1H3,(H,13,15). The minimum atomic E-state index is -4.31. The summed E-state index contributed by atoms with van der Waals surface area (Å²) < 4.78 is 39.7. The van der Waals surface area contributed by atoms with Crippen LogP contribution in [0, 0.1) is 0 Å². The molecule has 1 heterocycles. The Balaban J connectivity index is 2.37. The maximum atomic E-state index is 11.8. The zero-order valence-electron chi connectivity index (χ0n) is 8.71. The molecule has 16 heavy (non-hydrogen) atoms. The number of aromatic nitrogens is 2. The van der Waals surface area contributed by atoms with E-state index in [1.807, 2.05) is 6.92 Å². The Morgan fingerprint density at radius 2 is 2.06 bits per heavy atom. The Labute approximate surface area is 90.9 Å². The molecule has 1 aromatic rings. The summed E-state index contributed by atoms with van der Waals surface area (Å²) in [6.45, 7) is 1.14. The number of anilines is 1. The molecule has 0 amide bonds. The lowest BCUT2D eigenvalue weighted by molar-refractivity contribution is -0.176. The van der Waals surface area contributed by atoms with Gasteiger partial charge in [0.25, 0.3) is 0 Å². The summed E-state index contributed by atoms with van der Waals surface area (Å²) in [5, 5.41) is 2.92. The molecule has 1 rings (SSSR count). The third-order valence-corrected chi connectivity index (χ3v) is 1.58. The van der Waals surface area contributed by atoms with Crippen molar-refractivity contribution in [3.8, 4) is 0 Å². The molecule has 0 aliphatic heterocycles. The molecule has 0 unspecified atom stereocenters. The van der Waals surface area contributed by atoms with Crippen LogP contribution in [-0.2, 0) is 11.3 Å². The molecule has 0 radical (unpaired) electrons. The number of halogens is 3. The van der Waals surface area contributed by atoms with Gasteiger partial charge in [0.15, 0.2) is 0 Å². The van der Waals surface area contributed by atoms with Crippen molar-refractivity contribution in [1.29, 1.82) is 0 Å². The van der Waals surface area contributed by atoms with Gasteiger partial charge in [0, 0.05) is 6.54 Å². The number of rotatable bonds is 5. The van der Waals surface area contributed by atoms with Gasteiger partial charge in [-0.15, -0.1) is 0 Å². The van der Waals surface area contributed by atoms with Crippen molar-refractivity contribution in [3.63, 3.8) is 0 Å². The summed E-state index contributed by atoms with van der Waals surface area (Å²) in [6.07, 6.45) is -1.47. The summed E-state index contributed by atoms with van der Waals surface area (Å²) in [6, 6.07) is 0. The number of hydrogen-bond donors (Lipinski definition) is 1. The molecular weight excluding hydrogens is 223 g/mol. The molecule has 0 atom stereocenters. The molecule has 0 saturated carbocycles. The van der Waals surface area contributed by atoms with Crippen LogP contribution in [0.2, 0.25) is 0 Å². The van der Waals surface area contributed by atoms with Crippen LogP contribution in [0.1, 0.15) is 12.6 Å². The Morgan fingerprint density at radius 1 is 1.31 bits per heavy atom. The van der Waals surface area contributed by atoms with E-state index in [4.69, 9.17) is 0 Å². The molecule has 1 aromatic heterocycles. The molecule has 0 spiro atoms. The Morgan fingerprint density at radius 3 is 2.56 bits per heavy atom. The second-order valence-corrected chi connectivity index (χ2v) is 3.03. The van der Waals surface area contributed by atoms with Gasteiger partial charge in [-0.2, -0.15) is 13.2 Å². The molecule has 90 valence electrons. The quantitative estimate of drug-likeness (QED) is 0.847. The van der Waals surface area contributed by atoms with Crippen molar-refractivity contribution >= 4 is 5.82 Å². The van der Waals surface area contributed by atoms with Crippen LogP contribution in [0.15, 0.2) is 12.4 Å². The molecule has 7 heteroatoms. The second-order valence-electron chi connectivity index (χ2n) is 3.03. The maximum absolute atomic E-state index is 11.8. The molecule has 0 fully saturated rings. The fraction of sp³-hybridized carbons (Fsp3) is 0.556. The number of nitrogens with one attached hydrogen (secondary N) is 1. The van der Waals surface area contributed by atoms with Crippen molar-refractivity contribution in [2.75, 3.05) is 18.5 Å². The van der Waals surface area contributed by atoms with Gasteiger partial charge in [0.2, 0.25) is 0 Å². The van der Waals surface area contributed by atoms with E-state index < -0.39 is 12.8 Å². The van der Waals surface area contributed by atoms with Gasteiger partial charge >= 0.3 is 6.18 Å². The number of ether oxygens (including phenoxy) is 1. The third kappa shape index (κ3) is 4.92. The van der Waals surface area contributed by atoms with E-state index in [0.29, 0.717) is 18.1 Å². The van der Waals surface area contributed by atoms with E-state index in [-0.39, 0.29) is 6.61 Å². The normalized spacial score (nSPS) is 11.5. The lowest BCUT2D eigenvalue weighted by atomic mass is 10.5. The topological polar surface area (TPSA) is 47.0 Å². The van der Waals surface area contributed by atoms with E-state index in [0.717, 1.165) is 0 Å². The molecule has 4 nitrogen and oxygen atoms in total. The van der Waals surface area contributed by atoms with Crippen LogP contribution < -0.4 is 5.32 Å². The molecule has 1 N–H and O–H groups in total. The highest BCUT2D eigenvalue weighted by Gasteiger charge is 2.27. The molecule has 0 aliphatic carbocycles. The minimum Gasteiger partial charge on any atom is -0.369 e. The first kappa shape index (κ1) is 12.7. The van der Waals surface area contributed by atoms with Gasteiger partial charge in [0.1, 0.15) is 12.4 Å². The van der Waals surface area contributed by atoms with Gasteiger partial charge in [0.05, 0.1) is 24.7 Å². The monoisotopic (exact) mass is 235 g/mol.